The van der Waals surface area contributed by atoms with Gasteiger partial charge in [-0.3, -0.25) is 4.79 Å². The van der Waals surface area contributed by atoms with Gasteiger partial charge in [0.25, 0.3) is 5.91 Å². The summed E-state index contributed by atoms with van der Waals surface area (Å²) in [6.45, 7) is -0.953. The van der Waals surface area contributed by atoms with Gasteiger partial charge >= 0.3 is 0 Å². The Labute approximate surface area is 120 Å². The van der Waals surface area contributed by atoms with Crippen LogP contribution in [0.3, 0.4) is 0 Å². The minimum absolute atomic E-state index is 0.0215. The van der Waals surface area contributed by atoms with Crippen molar-refractivity contribution >= 4 is 5.91 Å². The Balaban J connectivity index is 2.01. The third-order valence-electron chi connectivity index (χ3n) is 2.56. The Morgan fingerprint density at radius 3 is 2.18 bits per heavy atom. The van der Waals surface area contributed by atoms with E-state index in [-0.39, 0.29) is 6.54 Å². The molecule has 0 aliphatic carbocycles. The van der Waals surface area contributed by atoms with Gasteiger partial charge in [0.15, 0.2) is 12.4 Å². The van der Waals surface area contributed by atoms with E-state index in [9.17, 15) is 26.7 Å². The van der Waals surface area contributed by atoms with E-state index in [1.54, 1.807) is 12.1 Å². The fraction of sp³-hybridized carbons (Fsp3) is 0.154. The van der Waals surface area contributed by atoms with E-state index in [2.05, 4.69) is 10.1 Å². The van der Waals surface area contributed by atoms with Crippen molar-refractivity contribution in [1.29, 1.82) is 0 Å². The lowest BCUT2D eigenvalue weighted by Gasteiger charge is -2.10. The summed E-state index contributed by atoms with van der Waals surface area (Å²) in [6.07, 6.45) is 1.37. The van der Waals surface area contributed by atoms with Crippen molar-refractivity contribution in [3.8, 4) is 5.75 Å². The molecule has 22 heavy (non-hydrogen) atoms. The van der Waals surface area contributed by atoms with Crippen molar-refractivity contribution < 1.29 is 35.9 Å². The highest BCUT2D eigenvalue weighted by atomic mass is 19.2. The van der Waals surface area contributed by atoms with Crippen LogP contribution >= 0.6 is 0 Å². The lowest BCUT2D eigenvalue weighted by Crippen LogP contribution is -2.28. The Kier molecular flexibility index (Phi) is 4.64. The first-order chi connectivity index (χ1) is 10.4. The van der Waals surface area contributed by atoms with Gasteiger partial charge in [-0.05, 0) is 12.1 Å². The fourth-order valence-corrected chi connectivity index (χ4v) is 1.50. The summed E-state index contributed by atoms with van der Waals surface area (Å²) in [6, 6.07) is 3.14. The average molecular weight is 321 g/mol. The molecule has 2 aromatic rings. The molecule has 9 heteroatoms. The predicted molar refractivity (Wildman–Crippen MR) is 62.3 cm³/mol. The van der Waals surface area contributed by atoms with Gasteiger partial charge in [0.2, 0.25) is 29.1 Å². The number of carbonyl (C=O) groups is 1. The van der Waals surface area contributed by atoms with Crippen LogP contribution in [0.25, 0.3) is 0 Å². The van der Waals surface area contributed by atoms with Gasteiger partial charge in [-0.1, -0.05) is 0 Å². The number of benzene rings is 1. The highest BCUT2D eigenvalue weighted by Gasteiger charge is 2.27. The summed E-state index contributed by atoms with van der Waals surface area (Å²) in [7, 11) is 0. The number of furan rings is 1. The molecule has 4 nitrogen and oxygen atoms in total. The molecule has 0 saturated carbocycles. The molecular formula is C13H8F5NO3. The maximum Gasteiger partial charge on any atom is 0.258 e. The predicted octanol–water partition coefficient (Wildman–Crippen LogP) is 2.67. The van der Waals surface area contributed by atoms with Crippen LogP contribution in [-0.2, 0) is 11.3 Å². The van der Waals surface area contributed by atoms with Crippen LogP contribution in [0.1, 0.15) is 5.76 Å². The summed E-state index contributed by atoms with van der Waals surface area (Å²) in [5.74, 6) is -12.8. The maximum absolute atomic E-state index is 13.3. The molecule has 0 atom stereocenters. The number of halogens is 5. The number of nitrogens with one attached hydrogen (secondary N) is 1. The van der Waals surface area contributed by atoms with Crippen LogP contribution in [-0.4, -0.2) is 12.5 Å². The molecule has 0 fully saturated rings. The first-order valence-corrected chi connectivity index (χ1v) is 5.85. The number of hydrogen-bond acceptors (Lipinski definition) is 3. The van der Waals surface area contributed by atoms with Crippen molar-refractivity contribution in [2.45, 2.75) is 6.54 Å². The van der Waals surface area contributed by atoms with Gasteiger partial charge in [0.1, 0.15) is 5.76 Å². The molecule has 0 saturated heterocycles. The average Bonchev–Trinajstić information content (AvgIpc) is 3.02. The van der Waals surface area contributed by atoms with Crippen LogP contribution in [0.2, 0.25) is 0 Å². The Bertz CT molecular complexity index is 658. The van der Waals surface area contributed by atoms with Gasteiger partial charge in [-0.15, -0.1) is 0 Å². The minimum atomic E-state index is -2.30. The molecule has 0 unspecified atom stereocenters. The molecule has 0 bridgehead atoms. The van der Waals surface area contributed by atoms with Gasteiger partial charge in [-0.2, -0.15) is 8.78 Å². The summed E-state index contributed by atoms with van der Waals surface area (Å²) < 4.78 is 74.4. The zero-order valence-electron chi connectivity index (χ0n) is 10.8. The van der Waals surface area contributed by atoms with Crippen molar-refractivity contribution in [2.75, 3.05) is 6.61 Å². The van der Waals surface area contributed by atoms with Gasteiger partial charge in [-0.25, -0.2) is 13.2 Å². The fourth-order valence-electron chi connectivity index (χ4n) is 1.50. The third kappa shape index (κ3) is 3.18. The third-order valence-corrected chi connectivity index (χ3v) is 2.56. The van der Waals surface area contributed by atoms with E-state index >= 15 is 0 Å². The standard InChI is InChI=1S/C13H8F5NO3/c14-8-9(15)11(17)13(12(18)10(8)16)22-5-7(20)19-4-6-2-1-3-21-6/h1-3H,4-5H2,(H,19,20). The van der Waals surface area contributed by atoms with Crippen molar-refractivity contribution in [2.24, 2.45) is 0 Å². The summed E-state index contributed by atoms with van der Waals surface area (Å²) >= 11 is 0. The lowest BCUT2D eigenvalue weighted by atomic mass is 10.2. The summed E-state index contributed by atoms with van der Waals surface area (Å²) in [5.41, 5.74) is 0. The molecule has 2 rings (SSSR count). The molecule has 0 spiro atoms. The van der Waals surface area contributed by atoms with Crippen molar-refractivity contribution in [3.63, 3.8) is 0 Å². The first-order valence-electron chi connectivity index (χ1n) is 5.85. The van der Waals surface area contributed by atoms with E-state index in [1.165, 1.54) is 6.26 Å². The van der Waals surface area contributed by atoms with E-state index in [0.717, 1.165) is 0 Å². The maximum atomic E-state index is 13.3. The Morgan fingerprint density at radius 1 is 1.05 bits per heavy atom. The van der Waals surface area contributed by atoms with E-state index in [0.29, 0.717) is 5.76 Å². The second-order valence-electron chi connectivity index (χ2n) is 4.04. The quantitative estimate of drug-likeness (QED) is 0.523. The lowest BCUT2D eigenvalue weighted by molar-refractivity contribution is -0.123. The zero-order chi connectivity index (χ0) is 16.3. The van der Waals surface area contributed by atoms with E-state index in [4.69, 9.17) is 4.42 Å². The van der Waals surface area contributed by atoms with Crippen LogP contribution in [0.15, 0.2) is 22.8 Å². The highest BCUT2D eigenvalue weighted by molar-refractivity contribution is 5.77. The smallest absolute Gasteiger partial charge is 0.258 e. The zero-order valence-corrected chi connectivity index (χ0v) is 10.8. The molecule has 0 aliphatic rings. The Morgan fingerprint density at radius 2 is 1.64 bits per heavy atom. The molecule has 1 aromatic heterocycles. The van der Waals surface area contributed by atoms with Gasteiger partial charge < -0.3 is 14.5 Å². The second-order valence-corrected chi connectivity index (χ2v) is 4.04. The van der Waals surface area contributed by atoms with Gasteiger partial charge in [0, 0.05) is 0 Å². The number of amides is 1. The molecule has 0 radical (unpaired) electrons. The molecule has 118 valence electrons. The number of rotatable bonds is 5. The van der Waals surface area contributed by atoms with Crippen LogP contribution < -0.4 is 10.1 Å². The number of ether oxygens (including phenoxy) is 1. The molecule has 1 N–H and O–H groups in total. The number of carbonyl (C=O) groups excluding carboxylic acids is 1. The molecule has 1 amide bonds. The monoisotopic (exact) mass is 321 g/mol. The molecular weight excluding hydrogens is 313 g/mol. The van der Waals surface area contributed by atoms with E-state index in [1.807, 2.05) is 0 Å². The van der Waals surface area contributed by atoms with Crippen LogP contribution in [0, 0.1) is 29.1 Å². The highest BCUT2D eigenvalue weighted by Crippen LogP contribution is 2.28. The minimum Gasteiger partial charge on any atom is -0.477 e. The largest absolute Gasteiger partial charge is 0.477 e. The second kappa shape index (κ2) is 6.46. The Hall–Kier alpha value is -2.58. The van der Waals surface area contributed by atoms with E-state index < -0.39 is 47.3 Å². The normalized spacial score (nSPS) is 10.6. The topological polar surface area (TPSA) is 51.5 Å². The molecule has 1 aromatic carbocycles. The molecule has 0 aliphatic heterocycles. The molecule has 1 heterocycles. The van der Waals surface area contributed by atoms with Crippen molar-refractivity contribution in [1.82, 2.24) is 5.32 Å². The first kappa shape index (κ1) is 15.8. The number of hydrogen-bond donors (Lipinski definition) is 1. The van der Waals surface area contributed by atoms with Crippen molar-refractivity contribution in [3.05, 3.63) is 53.2 Å². The summed E-state index contributed by atoms with van der Waals surface area (Å²) in [4.78, 5) is 11.4. The van der Waals surface area contributed by atoms with Crippen LogP contribution in [0.4, 0.5) is 22.0 Å². The summed E-state index contributed by atoms with van der Waals surface area (Å²) in [5, 5.41) is 2.27. The SMILES string of the molecule is O=C(COc1c(F)c(F)c(F)c(F)c1F)NCc1ccco1. The van der Waals surface area contributed by atoms with Crippen LogP contribution in [0.5, 0.6) is 5.75 Å². The van der Waals surface area contributed by atoms with Gasteiger partial charge in [0.05, 0.1) is 12.8 Å².